The van der Waals surface area contributed by atoms with Gasteiger partial charge in [0.15, 0.2) is 6.29 Å². The topological polar surface area (TPSA) is 54.0 Å². The minimum Gasteiger partial charge on any atom is -0.460 e. The molecule has 0 aliphatic carbocycles. The Kier molecular flexibility index (Phi) is 11.4. The molecule has 0 N–H and O–H groups in total. The average Bonchev–Trinajstić information content (AvgIpc) is 2.48. The smallest absolute Gasteiger partial charge is 0.308 e. The van der Waals surface area contributed by atoms with Crippen molar-refractivity contribution in [3.63, 3.8) is 0 Å². The third-order valence-corrected chi connectivity index (χ3v) is 5.21. The first-order valence-electron chi connectivity index (χ1n) is 8.24. The minimum absolute atomic E-state index is 0.00513. The summed E-state index contributed by atoms with van der Waals surface area (Å²) < 4.78 is 21.8. The highest BCUT2D eigenvalue weighted by atomic mass is 33.1. The van der Waals surface area contributed by atoms with Gasteiger partial charge in [0.2, 0.25) is 0 Å². The fraction of sp³-hybridized carbons (Fsp3) is 0.938. The number of carbonyl (C=O) groups is 1. The van der Waals surface area contributed by atoms with Gasteiger partial charge >= 0.3 is 5.97 Å². The van der Waals surface area contributed by atoms with Crippen LogP contribution in [-0.4, -0.2) is 55.8 Å². The minimum atomic E-state index is -0.422. The number of ether oxygens (including phenoxy) is 4. The second-order valence-electron chi connectivity index (χ2n) is 6.26. The molecule has 0 aromatic heterocycles. The molecule has 5 nitrogen and oxygen atoms in total. The summed E-state index contributed by atoms with van der Waals surface area (Å²) in [5, 5.41) is 0. The molecule has 1 aliphatic heterocycles. The number of rotatable bonds is 11. The zero-order chi connectivity index (χ0) is 17.0. The molecule has 0 aromatic carbocycles. The van der Waals surface area contributed by atoms with Gasteiger partial charge in [0.25, 0.3) is 0 Å². The van der Waals surface area contributed by atoms with Gasteiger partial charge in [-0.25, -0.2) is 0 Å². The average molecular weight is 367 g/mol. The standard InChI is InChI=1S/C16H30O5S2/c1-16(2,3)21-14(17)7-9-18-10-12-22-23-13-11-20-15-6-4-5-8-19-15/h15H,4-13H2,1-3H3/t15-/m1/s1. The number of hydrogen-bond donors (Lipinski definition) is 0. The van der Waals surface area contributed by atoms with Crippen LogP contribution in [0.2, 0.25) is 0 Å². The van der Waals surface area contributed by atoms with Gasteiger partial charge < -0.3 is 18.9 Å². The summed E-state index contributed by atoms with van der Waals surface area (Å²) in [6, 6.07) is 0. The molecule has 136 valence electrons. The van der Waals surface area contributed by atoms with Crippen LogP contribution in [0.25, 0.3) is 0 Å². The molecular weight excluding hydrogens is 336 g/mol. The van der Waals surface area contributed by atoms with E-state index in [0.29, 0.717) is 19.6 Å². The van der Waals surface area contributed by atoms with Gasteiger partial charge in [-0.05, 0) is 40.0 Å². The Balaban J connectivity index is 1.80. The summed E-state index contributed by atoms with van der Waals surface area (Å²) >= 11 is 0. The second kappa shape index (κ2) is 12.4. The quantitative estimate of drug-likeness (QED) is 0.314. The van der Waals surface area contributed by atoms with Crippen molar-refractivity contribution in [3.8, 4) is 0 Å². The first kappa shape index (κ1) is 21.1. The highest BCUT2D eigenvalue weighted by Gasteiger charge is 2.15. The fourth-order valence-electron chi connectivity index (χ4n) is 1.92. The van der Waals surface area contributed by atoms with E-state index >= 15 is 0 Å². The lowest BCUT2D eigenvalue weighted by molar-refractivity contribution is -0.158. The molecule has 0 spiro atoms. The monoisotopic (exact) mass is 366 g/mol. The van der Waals surface area contributed by atoms with Crippen LogP contribution in [0, 0.1) is 0 Å². The summed E-state index contributed by atoms with van der Waals surface area (Å²) in [5.74, 6) is 1.64. The highest BCUT2D eigenvalue weighted by molar-refractivity contribution is 8.76. The van der Waals surface area contributed by atoms with E-state index in [0.717, 1.165) is 37.6 Å². The van der Waals surface area contributed by atoms with Crippen LogP contribution in [-0.2, 0) is 23.7 Å². The van der Waals surface area contributed by atoms with Crippen molar-refractivity contribution in [2.45, 2.75) is 58.3 Å². The lowest BCUT2D eigenvalue weighted by atomic mass is 10.2. The number of hydrogen-bond acceptors (Lipinski definition) is 7. The zero-order valence-corrected chi connectivity index (χ0v) is 16.1. The predicted molar refractivity (Wildman–Crippen MR) is 95.7 cm³/mol. The third kappa shape index (κ3) is 13.1. The molecule has 0 bridgehead atoms. The van der Waals surface area contributed by atoms with Gasteiger partial charge in [-0.2, -0.15) is 0 Å². The lowest BCUT2D eigenvalue weighted by Gasteiger charge is -2.22. The molecule has 0 aromatic rings. The Hall–Kier alpha value is 0.0500. The Morgan fingerprint density at radius 1 is 1.13 bits per heavy atom. The van der Waals surface area contributed by atoms with Gasteiger partial charge in [0.05, 0.1) is 26.2 Å². The normalized spacial score (nSPS) is 18.8. The molecule has 1 saturated heterocycles. The van der Waals surface area contributed by atoms with Crippen molar-refractivity contribution < 1.29 is 23.7 Å². The van der Waals surface area contributed by atoms with Crippen LogP contribution < -0.4 is 0 Å². The first-order chi connectivity index (χ1) is 11.0. The molecule has 1 aliphatic rings. The summed E-state index contributed by atoms with van der Waals surface area (Å²) in [6.07, 6.45) is 3.68. The molecule has 23 heavy (non-hydrogen) atoms. The molecule has 0 radical (unpaired) electrons. The first-order valence-corrected chi connectivity index (χ1v) is 10.7. The Labute approximate surface area is 147 Å². The molecule has 1 rings (SSSR count). The summed E-state index contributed by atoms with van der Waals surface area (Å²) in [6.45, 7) is 8.21. The van der Waals surface area contributed by atoms with E-state index in [1.807, 2.05) is 20.8 Å². The molecule has 1 fully saturated rings. The van der Waals surface area contributed by atoms with E-state index in [4.69, 9.17) is 18.9 Å². The van der Waals surface area contributed by atoms with Crippen LogP contribution in [0.5, 0.6) is 0 Å². The van der Waals surface area contributed by atoms with Crippen molar-refractivity contribution in [2.75, 3.05) is 37.9 Å². The largest absolute Gasteiger partial charge is 0.460 e. The number of carbonyl (C=O) groups excluding carboxylic acids is 1. The van der Waals surface area contributed by atoms with Crippen LogP contribution in [0.3, 0.4) is 0 Å². The highest BCUT2D eigenvalue weighted by Crippen LogP contribution is 2.21. The van der Waals surface area contributed by atoms with Gasteiger partial charge in [-0.3, -0.25) is 4.79 Å². The maximum absolute atomic E-state index is 11.5. The van der Waals surface area contributed by atoms with Gasteiger partial charge in [0.1, 0.15) is 5.60 Å². The molecule has 1 atom stereocenters. The summed E-state index contributed by atoms with van der Waals surface area (Å²) in [7, 11) is 3.54. The van der Waals surface area contributed by atoms with Crippen molar-refractivity contribution in [1.29, 1.82) is 0 Å². The van der Waals surface area contributed by atoms with Gasteiger partial charge in [0, 0.05) is 18.1 Å². The molecule has 7 heteroatoms. The zero-order valence-electron chi connectivity index (χ0n) is 14.5. The molecule has 0 saturated carbocycles. The fourth-order valence-corrected chi connectivity index (χ4v) is 3.62. The Morgan fingerprint density at radius 3 is 2.52 bits per heavy atom. The van der Waals surface area contributed by atoms with Crippen LogP contribution in [0.15, 0.2) is 0 Å². The van der Waals surface area contributed by atoms with E-state index in [2.05, 4.69) is 0 Å². The molecule has 0 unspecified atom stereocenters. The third-order valence-electron chi connectivity index (χ3n) is 2.87. The van der Waals surface area contributed by atoms with E-state index in [9.17, 15) is 4.79 Å². The predicted octanol–water partition coefficient (Wildman–Crippen LogP) is 3.66. The SMILES string of the molecule is CC(C)(C)OC(=O)CCOCCSSCCO[C@@H]1CCCCO1. The Morgan fingerprint density at radius 2 is 1.87 bits per heavy atom. The lowest BCUT2D eigenvalue weighted by Crippen LogP contribution is -2.24. The van der Waals surface area contributed by atoms with E-state index in [1.54, 1.807) is 21.6 Å². The maximum Gasteiger partial charge on any atom is 0.308 e. The van der Waals surface area contributed by atoms with Crippen LogP contribution in [0.4, 0.5) is 0 Å². The second-order valence-corrected chi connectivity index (χ2v) is 8.96. The molecule has 0 amide bonds. The maximum atomic E-state index is 11.5. The van der Waals surface area contributed by atoms with Crippen molar-refractivity contribution in [3.05, 3.63) is 0 Å². The van der Waals surface area contributed by atoms with Crippen molar-refractivity contribution >= 4 is 27.6 Å². The summed E-state index contributed by atoms with van der Waals surface area (Å²) in [4.78, 5) is 11.5. The van der Waals surface area contributed by atoms with Gasteiger partial charge in [-0.1, -0.05) is 21.6 Å². The number of esters is 1. The van der Waals surface area contributed by atoms with Crippen LogP contribution in [0.1, 0.15) is 46.5 Å². The van der Waals surface area contributed by atoms with Crippen molar-refractivity contribution in [2.24, 2.45) is 0 Å². The van der Waals surface area contributed by atoms with Crippen molar-refractivity contribution in [1.82, 2.24) is 0 Å². The van der Waals surface area contributed by atoms with E-state index in [1.165, 1.54) is 6.42 Å². The van der Waals surface area contributed by atoms with Crippen LogP contribution >= 0.6 is 21.6 Å². The van der Waals surface area contributed by atoms with Gasteiger partial charge in [-0.15, -0.1) is 0 Å². The molecular formula is C16H30O5S2. The van der Waals surface area contributed by atoms with E-state index < -0.39 is 5.60 Å². The Bertz CT molecular complexity index is 314. The molecule has 1 heterocycles. The summed E-state index contributed by atoms with van der Waals surface area (Å²) in [5.41, 5.74) is -0.422. The van der Waals surface area contributed by atoms with E-state index in [-0.39, 0.29) is 12.3 Å².